The van der Waals surface area contributed by atoms with Gasteiger partial charge < -0.3 is 16.8 Å². The van der Waals surface area contributed by atoms with Crippen LogP contribution in [0.4, 0.5) is 0 Å². The van der Waals surface area contributed by atoms with E-state index >= 15 is 0 Å². The SMILES string of the molecule is [CH2-]C(CCc1ccccc1)CCC1C(C)CC2OC(O)CC21. The first kappa shape index (κ1) is 16.0. The Labute approximate surface area is 134 Å². The van der Waals surface area contributed by atoms with Gasteiger partial charge >= 0.3 is 0 Å². The molecule has 1 saturated heterocycles. The lowest BCUT2D eigenvalue weighted by Gasteiger charge is -2.25. The van der Waals surface area contributed by atoms with Gasteiger partial charge in [0.25, 0.3) is 0 Å². The Kier molecular flexibility index (Phi) is 5.20. The van der Waals surface area contributed by atoms with E-state index in [1.807, 2.05) is 0 Å². The third-order valence-electron chi connectivity index (χ3n) is 5.76. The molecule has 0 spiro atoms. The van der Waals surface area contributed by atoms with Crippen LogP contribution in [-0.2, 0) is 11.2 Å². The van der Waals surface area contributed by atoms with Gasteiger partial charge in [-0.1, -0.05) is 56.5 Å². The van der Waals surface area contributed by atoms with Crippen molar-refractivity contribution in [2.45, 2.75) is 57.8 Å². The minimum atomic E-state index is -0.515. The van der Waals surface area contributed by atoms with E-state index in [1.165, 1.54) is 24.8 Å². The summed E-state index contributed by atoms with van der Waals surface area (Å²) in [4.78, 5) is 0. The highest BCUT2D eigenvalue weighted by molar-refractivity contribution is 5.14. The van der Waals surface area contributed by atoms with Crippen LogP contribution in [0.2, 0.25) is 0 Å². The molecule has 2 heteroatoms. The van der Waals surface area contributed by atoms with E-state index in [9.17, 15) is 5.11 Å². The lowest BCUT2D eigenvalue weighted by atomic mass is 9.82. The fourth-order valence-electron chi connectivity index (χ4n) is 4.47. The maximum Gasteiger partial charge on any atom is 0.155 e. The van der Waals surface area contributed by atoms with E-state index in [0.717, 1.165) is 25.2 Å². The third kappa shape index (κ3) is 3.72. The lowest BCUT2D eigenvalue weighted by molar-refractivity contribution is -0.0922. The molecule has 2 aliphatic rings. The molecule has 0 aromatic heterocycles. The van der Waals surface area contributed by atoms with Crippen molar-refractivity contribution in [1.29, 1.82) is 0 Å². The van der Waals surface area contributed by atoms with Crippen molar-refractivity contribution in [3.63, 3.8) is 0 Å². The van der Waals surface area contributed by atoms with Crippen LogP contribution in [-0.4, -0.2) is 17.5 Å². The zero-order valence-electron chi connectivity index (χ0n) is 13.7. The summed E-state index contributed by atoms with van der Waals surface area (Å²) in [5, 5.41) is 9.69. The second-order valence-corrected chi connectivity index (χ2v) is 7.37. The van der Waals surface area contributed by atoms with E-state index < -0.39 is 6.29 Å². The fraction of sp³-hybridized carbons (Fsp3) is 0.650. The molecule has 1 saturated carbocycles. The predicted octanol–water partition coefficient (Wildman–Crippen LogP) is 4.23. The van der Waals surface area contributed by atoms with Gasteiger partial charge in [0.1, 0.15) is 0 Å². The van der Waals surface area contributed by atoms with Crippen molar-refractivity contribution in [3.8, 4) is 0 Å². The molecule has 3 rings (SSSR count). The molecule has 1 N–H and O–H groups in total. The standard InChI is InChI=1S/C20H29O2/c1-14(8-10-16-6-4-3-5-7-16)9-11-17-15(2)12-19-18(17)13-20(21)22-19/h3-7,14-15,17-21H,1,8-13H2,2H3/q-1. The molecule has 2 nitrogen and oxygen atoms in total. The van der Waals surface area contributed by atoms with E-state index in [0.29, 0.717) is 23.9 Å². The molecule has 0 amide bonds. The largest absolute Gasteiger partial charge is 0.368 e. The van der Waals surface area contributed by atoms with Gasteiger partial charge in [0.05, 0.1) is 6.10 Å². The van der Waals surface area contributed by atoms with E-state index in [4.69, 9.17) is 4.74 Å². The minimum Gasteiger partial charge on any atom is -0.368 e. The van der Waals surface area contributed by atoms with Crippen molar-refractivity contribution in [3.05, 3.63) is 42.8 Å². The van der Waals surface area contributed by atoms with Crippen LogP contribution in [0.3, 0.4) is 0 Å². The van der Waals surface area contributed by atoms with Gasteiger partial charge in [0, 0.05) is 6.42 Å². The molecule has 22 heavy (non-hydrogen) atoms. The second-order valence-electron chi connectivity index (χ2n) is 7.37. The highest BCUT2D eigenvalue weighted by Gasteiger charge is 2.46. The molecule has 1 aromatic rings. The number of hydrogen-bond acceptors (Lipinski definition) is 2. The molecule has 0 bridgehead atoms. The van der Waals surface area contributed by atoms with Crippen molar-refractivity contribution >= 4 is 0 Å². The van der Waals surface area contributed by atoms with Crippen LogP contribution in [0.5, 0.6) is 0 Å². The van der Waals surface area contributed by atoms with E-state index in [2.05, 4.69) is 44.2 Å². The molecule has 2 fully saturated rings. The summed E-state index contributed by atoms with van der Waals surface area (Å²) in [6.45, 7) is 6.71. The maximum atomic E-state index is 9.69. The Bertz CT molecular complexity index is 458. The Morgan fingerprint density at radius 2 is 2.00 bits per heavy atom. The number of aliphatic hydroxyl groups is 1. The second kappa shape index (κ2) is 7.14. The van der Waals surface area contributed by atoms with Gasteiger partial charge in [-0.15, -0.1) is 0 Å². The minimum absolute atomic E-state index is 0.308. The smallest absolute Gasteiger partial charge is 0.155 e. The first-order chi connectivity index (χ1) is 10.6. The Morgan fingerprint density at radius 3 is 2.77 bits per heavy atom. The van der Waals surface area contributed by atoms with Crippen molar-refractivity contribution in [2.75, 3.05) is 0 Å². The number of aryl methyl sites for hydroxylation is 1. The summed E-state index contributed by atoms with van der Waals surface area (Å²) >= 11 is 0. The Hall–Kier alpha value is -0.860. The first-order valence-electron chi connectivity index (χ1n) is 8.84. The van der Waals surface area contributed by atoms with E-state index in [-0.39, 0.29) is 0 Å². The summed E-state index contributed by atoms with van der Waals surface area (Å²) in [6.07, 6.45) is 6.48. The Morgan fingerprint density at radius 1 is 1.23 bits per heavy atom. The first-order valence-corrected chi connectivity index (χ1v) is 8.84. The maximum absolute atomic E-state index is 9.69. The molecule has 1 aliphatic heterocycles. The highest BCUT2D eigenvalue weighted by atomic mass is 16.6. The predicted molar refractivity (Wildman–Crippen MR) is 89.1 cm³/mol. The van der Waals surface area contributed by atoms with Crippen LogP contribution < -0.4 is 0 Å². The normalized spacial score (nSPS) is 35.5. The van der Waals surface area contributed by atoms with Crippen molar-refractivity contribution in [1.82, 2.24) is 0 Å². The number of rotatable bonds is 6. The van der Waals surface area contributed by atoms with Gasteiger partial charge in [0.15, 0.2) is 6.29 Å². The average molecular weight is 301 g/mol. The third-order valence-corrected chi connectivity index (χ3v) is 5.76. The lowest BCUT2D eigenvalue weighted by Crippen LogP contribution is -2.17. The van der Waals surface area contributed by atoms with Crippen LogP contribution in [0.25, 0.3) is 0 Å². The molecule has 1 heterocycles. The summed E-state index contributed by atoms with van der Waals surface area (Å²) < 4.78 is 5.64. The number of fused-ring (bicyclic) bond motifs is 1. The van der Waals surface area contributed by atoms with E-state index in [1.54, 1.807) is 0 Å². The zero-order valence-corrected chi connectivity index (χ0v) is 13.7. The van der Waals surface area contributed by atoms with Gasteiger partial charge in [-0.2, -0.15) is 5.92 Å². The van der Waals surface area contributed by atoms with Crippen molar-refractivity contribution < 1.29 is 9.84 Å². The highest BCUT2D eigenvalue weighted by Crippen LogP contribution is 2.48. The summed E-state index contributed by atoms with van der Waals surface area (Å²) in [5.41, 5.74) is 1.41. The molecule has 1 aromatic carbocycles. The number of aliphatic hydroxyl groups excluding tert-OH is 1. The van der Waals surface area contributed by atoms with Crippen LogP contribution in [0.15, 0.2) is 30.3 Å². The molecular weight excluding hydrogens is 272 g/mol. The fourth-order valence-corrected chi connectivity index (χ4v) is 4.47. The quantitative estimate of drug-likeness (QED) is 0.797. The molecule has 6 atom stereocenters. The molecule has 122 valence electrons. The summed E-state index contributed by atoms with van der Waals surface area (Å²) in [7, 11) is 0. The number of ether oxygens (including phenoxy) is 1. The average Bonchev–Trinajstić information content (AvgIpc) is 2.99. The summed E-state index contributed by atoms with van der Waals surface area (Å²) in [6, 6.07) is 10.7. The summed E-state index contributed by atoms with van der Waals surface area (Å²) in [5.74, 6) is 2.54. The van der Waals surface area contributed by atoms with Gasteiger partial charge in [-0.3, -0.25) is 0 Å². The van der Waals surface area contributed by atoms with Crippen LogP contribution >= 0.6 is 0 Å². The molecule has 1 aliphatic carbocycles. The van der Waals surface area contributed by atoms with Gasteiger partial charge in [-0.25, -0.2) is 0 Å². The number of hydrogen-bond donors (Lipinski definition) is 1. The monoisotopic (exact) mass is 301 g/mol. The zero-order chi connectivity index (χ0) is 15.5. The topological polar surface area (TPSA) is 29.5 Å². The number of benzene rings is 1. The molecular formula is C20H29O2-. The van der Waals surface area contributed by atoms with Gasteiger partial charge in [0.2, 0.25) is 0 Å². The van der Waals surface area contributed by atoms with Crippen molar-refractivity contribution in [2.24, 2.45) is 23.7 Å². The molecule has 0 radical (unpaired) electrons. The Balaban J connectivity index is 1.43. The molecule has 6 unspecified atom stereocenters. The van der Waals surface area contributed by atoms with Crippen LogP contribution in [0, 0.1) is 30.6 Å². The van der Waals surface area contributed by atoms with Crippen LogP contribution in [0.1, 0.15) is 44.6 Å². The van der Waals surface area contributed by atoms with Gasteiger partial charge in [-0.05, 0) is 36.2 Å².